The van der Waals surface area contributed by atoms with Gasteiger partial charge in [-0.15, -0.1) is 0 Å². The Morgan fingerprint density at radius 1 is 1.17 bits per heavy atom. The van der Waals surface area contributed by atoms with Gasteiger partial charge in [0.2, 0.25) is 5.95 Å². The maximum atomic E-state index is 5.76. The summed E-state index contributed by atoms with van der Waals surface area (Å²) in [6.45, 7) is 0. The fourth-order valence-corrected chi connectivity index (χ4v) is 3.35. The Hall–Kier alpha value is -1.49. The van der Waals surface area contributed by atoms with Gasteiger partial charge in [-0.25, -0.2) is 4.98 Å². The number of para-hydroxylation sites is 1. The first kappa shape index (κ1) is 11.6. The van der Waals surface area contributed by atoms with Crippen LogP contribution in [0.15, 0.2) is 24.3 Å². The average molecular weight is 260 g/mol. The van der Waals surface area contributed by atoms with E-state index in [4.69, 9.17) is 5.73 Å². The van der Waals surface area contributed by atoms with Crippen LogP contribution in [0.3, 0.4) is 0 Å². The zero-order valence-electron chi connectivity index (χ0n) is 10.1. The van der Waals surface area contributed by atoms with Crippen molar-refractivity contribution in [3.8, 4) is 0 Å². The van der Waals surface area contributed by atoms with Gasteiger partial charge < -0.3 is 11.1 Å². The smallest absolute Gasteiger partial charge is 0.222 e. The third-order valence-corrected chi connectivity index (χ3v) is 4.23. The van der Waals surface area contributed by atoms with E-state index in [0.29, 0.717) is 12.0 Å². The van der Waals surface area contributed by atoms with Gasteiger partial charge in [-0.05, 0) is 36.5 Å². The number of nitrogen functional groups attached to an aromatic ring is 1. The molecule has 2 heterocycles. The van der Waals surface area contributed by atoms with Crippen LogP contribution in [0.2, 0.25) is 0 Å². The highest BCUT2D eigenvalue weighted by Gasteiger charge is 2.15. The molecule has 1 saturated heterocycles. The van der Waals surface area contributed by atoms with Gasteiger partial charge in [-0.1, -0.05) is 12.1 Å². The van der Waals surface area contributed by atoms with Gasteiger partial charge in [-0.2, -0.15) is 16.7 Å². The molecule has 0 unspecified atom stereocenters. The molecule has 0 saturated carbocycles. The summed E-state index contributed by atoms with van der Waals surface area (Å²) in [7, 11) is 0. The van der Waals surface area contributed by atoms with Gasteiger partial charge in [0.05, 0.1) is 5.52 Å². The number of thioether (sulfide) groups is 1. The number of hydrogen-bond donors (Lipinski definition) is 2. The molecule has 3 rings (SSSR count). The van der Waals surface area contributed by atoms with Crippen LogP contribution in [0, 0.1) is 0 Å². The predicted molar refractivity (Wildman–Crippen MR) is 77.9 cm³/mol. The Morgan fingerprint density at radius 2 is 1.94 bits per heavy atom. The zero-order chi connectivity index (χ0) is 12.4. The molecule has 1 aliphatic heterocycles. The summed E-state index contributed by atoms with van der Waals surface area (Å²) in [5.74, 6) is 3.64. The summed E-state index contributed by atoms with van der Waals surface area (Å²) < 4.78 is 0. The van der Waals surface area contributed by atoms with Crippen molar-refractivity contribution < 1.29 is 0 Å². The van der Waals surface area contributed by atoms with Gasteiger partial charge >= 0.3 is 0 Å². The largest absolute Gasteiger partial charge is 0.368 e. The van der Waals surface area contributed by atoms with Gasteiger partial charge in [0.25, 0.3) is 0 Å². The van der Waals surface area contributed by atoms with E-state index in [1.807, 2.05) is 36.0 Å². The molecule has 3 N–H and O–H groups in total. The second-order valence-electron chi connectivity index (χ2n) is 4.48. The molecule has 1 aromatic heterocycles. The number of hydrogen-bond acceptors (Lipinski definition) is 5. The second kappa shape index (κ2) is 5.02. The van der Waals surface area contributed by atoms with E-state index in [1.54, 1.807) is 0 Å². The Balaban J connectivity index is 1.94. The van der Waals surface area contributed by atoms with Crippen molar-refractivity contribution in [1.29, 1.82) is 0 Å². The Bertz CT molecular complexity index is 552. The van der Waals surface area contributed by atoms with Crippen molar-refractivity contribution in [3.05, 3.63) is 24.3 Å². The van der Waals surface area contributed by atoms with E-state index < -0.39 is 0 Å². The molecule has 5 heteroatoms. The maximum Gasteiger partial charge on any atom is 0.222 e. The molecule has 0 radical (unpaired) electrons. The molecule has 4 nitrogen and oxygen atoms in total. The summed E-state index contributed by atoms with van der Waals surface area (Å²) >= 11 is 2.02. The molecule has 0 amide bonds. The number of aromatic nitrogens is 2. The third kappa shape index (κ3) is 2.36. The molecular formula is C13H16N4S. The lowest BCUT2D eigenvalue weighted by Crippen LogP contribution is -2.25. The number of benzene rings is 1. The highest BCUT2D eigenvalue weighted by atomic mass is 32.2. The fraction of sp³-hybridized carbons (Fsp3) is 0.385. The Labute approximate surface area is 110 Å². The molecule has 0 aliphatic carbocycles. The number of rotatable bonds is 2. The minimum atomic E-state index is 0.335. The first-order valence-corrected chi connectivity index (χ1v) is 7.35. The minimum Gasteiger partial charge on any atom is -0.368 e. The van der Waals surface area contributed by atoms with Crippen LogP contribution in [0.4, 0.5) is 11.8 Å². The molecule has 2 aromatic rings. The first-order chi connectivity index (χ1) is 8.83. The van der Waals surface area contributed by atoms with E-state index in [0.717, 1.165) is 16.7 Å². The predicted octanol–water partition coefficient (Wildman–Crippen LogP) is 2.52. The average Bonchev–Trinajstić information content (AvgIpc) is 2.40. The van der Waals surface area contributed by atoms with Gasteiger partial charge in [0.15, 0.2) is 0 Å². The molecule has 0 bridgehead atoms. The molecule has 0 atom stereocenters. The Morgan fingerprint density at radius 3 is 2.78 bits per heavy atom. The van der Waals surface area contributed by atoms with Crippen molar-refractivity contribution in [2.24, 2.45) is 0 Å². The summed E-state index contributed by atoms with van der Waals surface area (Å²) in [4.78, 5) is 8.60. The summed E-state index contributed by atoms with van der Waals surface area (Å²) in [6, 6.07) is 8.48. The molecule has 1 aromatic carbocycles. The third-order valence-electron chi connectivity index (χ3n) is 3.18. The van der Waals surface area contributed by atoms with Crippen LogP contribution in [-0.2, 0) is 0 Å². The molecule has 1 aliphatic rings. The van der Waals surface area contributed by atoms with Crippen molar-refractivity contribution in [3.63, 3.8) is 0 Å². The van der Waals surface area contributed by atoms with Crippen LogP contribution in [0.5, 0.6) is 0 Å². The number of nitrogens with one attached hydrogen (secondary N) is 1. The van der Waals surface area contributed by atoms with Crippen LogP contribution >= 0.6 is 11.8 Å². The summed E-state index contributed by atoms with van der Waals surface area (Å²) in [6.07, 6.45) is 2.37. The minimum absolute atomic E-state index is 0.335. The van der Waals surface area contributed by atoms with Crippen LogP contribution < -0.4 is 11.1 Å². The molecular weight excluding hydrogens is 244 g/mol. The number of anilines is 2. The SMILES string of the molecule is Nc1nc(NC2CCSCC2)c2ccccc2n1. The normalized spacial score (nSPS) is 16.9. The van der Waals surface area contributed by atoms with Crippen molar-refractivity contribution in [2.45, 2.75) is 18.9 Å². The summed E-state index contributed by atoms with van der Waals surface area (Å²) in [5, 5.41) is 4.57. The van der Waals surface area contributed by atoms with Gasteiger partial charge in [0.1, 0.15) is 5.82 Å². The lowest BCUT2D eigenvalue weighted by Gasteiger charge is -2.23. The quantitative estimate of drug-likeness (QED) is 0.868. The standard InChI is InChI=1S/C13H16N4S/c14-13-16-11-4-2-1-3-10(11)12(17-13)15-9-5-7-18-8-6-9/h1-4,9H,5-8H2,(H3,14,15,16,17). The van der Waals surface area contributed by atoms with E-state index >= 15 is 0 Å². The van der Waals surface area contributed by atoms with Crippen molar-refractivity contribution in [2.75, 3.05) is 22.6 Å². The van der Waals surface area contributed by atoms with E-state index in [1.165, 1.54) is 24.3 Å². The highest BCUT2D eigenvalue weighted by molar-refractivity contribution is 7.99. The summed E-state index contributed by atoms with van der Waals surface area (Å²) in [5.41, 5.74) is 6.66. The molecule has 1 fully saturated rings. The number of nitrogens with two attached hydrogens (primary N) is 1. The molecule has 94 valence electrons. The van der Waals surface area contributed by atoms with Crippen LogP contribution in [0.25, 0.3) is 10.9 Å². The van der Waals surface area contributed by atoms with E-state index in [-0.39, 0.29) is 0 Å². The van der Waals surface area contributed by atoms with E-state index in [2.05, 4.69) is 15.3 Å². The second-order valence-corrected chi connectivity index (χ2v) is 5.70. The van der Waals surface area contributed by atoms with Crippen LogP contribution in [-0.4, -0.2) is 27.5 Å². The Kier molecular flexibility index (Phi) is 3.23. The topological polar surface area (TPSA) is 63.8 Å². The zero-order valence-corrected chi connectivity index (χ0v) is 10.9. The monoisotopic (exact) mass is 260 g/mol. The highest BCUT2D eigenvalue weighted by Crippen LogP contribution is 2.25. The first-order valence-electron chi connectivity index (χ1n) is 6.19. The number of nitrogens with zero attached hydrogens (tertiary/aromatic N) is 2. The van der Waals surface area contributed by atoms with Gasteiger partial charge in [-0.3, -0.25) is 0 Å². The fourth-order valence-electron chi connectivity index (χ4n) is 2.24. The lowest BCUT2D eigenvalue weighted by molar-refractivity contribution is 0.665. The maximum absolute atomic E-state index is 5.76. The van der Waals surface area contributed by atoms with E-state index in [9.17, 15) is 0 Å². The van der Waals surface area contributed by atoms with Crippen molar-refractivity contribution in [1.82, 2.24) is 9.97 Å². The van der Waals surface area contributed by atoms with Crippen LogP contribution in [0.1, 0.15) is 12.8 Å². The van der Waals surface area contributed by atoms with Crippen molar-refractivity contribution >= 4 is 34.4 Å². The molecule has 18 heavy (non-hydrogen) atoms. The number of fused-ring (bicyclic) bond motifs is 1. The van der Waals surface area contributed by atoms with Gasteiger partial charge in [0, 0.05) is 11.4 Å². The molecule has 0 spiro atoms. The lowest BCUT2D eigenvalue weighted by atomic mass is 10.1.